The number of rotatable bonds is 5. The van der Waals surface area contributed by atoms with Gasteiger partial charge in [-0.3, -0.25) is 19.4 Å². The summed E-state index contributed by atoms with van der Waals surface area (Å²) in [6.45, 7) is -0.0794. The molecule has 0 aliphatic rings. The molecule has 0 radical (unpaired) electrons. The molecule has 7 heteroatoms. The maximum absolute atomic E-state index is 13.0. The number of ketones is 1. The first-order chi connectivity index (χ1) is 14.5. The second-order valence-electron chi connectivity index (χ2n) is 6.64. The number of pyridine rings is 2. The van der Waals surface area contributed by atoms with Crippen LogP contribution >= 0.6 is 11.6 Å². The van der Waals surface area contributed by atoms with Gasteiger partial charge in [-0.15, -0.1) is 0 Å². The summed E-state index contributed by atoms with van der Waals surface area (Å²) in [5.74, 6) is -0.732. The Labute approximate surface area is 176 Å². The molecule has 30 heavy (non-hydrogen) atoms. The van der Waals surface area contributed by atoms with Crippen LogP contribution in [0, 0.1) is 0 Å². The molecular weight excluding hydrogens is 402 g/mol. The van der Waals surface area contributed by atoms with E-state index < -0.39 is 11.2 Å². The first kappa shape index (κ1) is 19.5. The van der Waals surface area contributed by atoms with E-state index in [1.807, 2.05) is 18.2 Å². The Hall–Kier alpha value is -3.77. The van der Waals surface area contributed by atoms with Crippen LogP contribution in [0.2, 0.25) is 5.02 Å². The summed E-state index contributed by atoms with van der Waals surface area (Å²) in [5.41, 5.74) is 1.03. The minimum atomic E-state index is -0.443. The quantitative estimate of drug-likeness (QED) is 0.499. The fourth-order valence-electron chi connectivity index (χ4n) is 3.20. The summed E-state index contributed by atoms with van der Waals surface area (Å²) < 4.78 is 1.58. The molecule has 1 amide bonds. The van der Waals surface area contributed by atoms with Crippen LogP contribution in [0.5, 0.6) is 0 Å². The maximum Gasteiger partial charge on any atom is 0.244 e. The lowest BCUT2D eigenvalue weighted by Crippen LogP contribution is -2.24. The molecule has 0 bridgehead atoms. The molecule has 6 nitrogen and oxygen atoms in total. The zero-order chi connectivity index (χ0) is 21.1. The number of hydrogen-bond donors (Lipinski definition) is 1. The predicted octanol–water partition coefficient (Wildman–Crippen LogP) is 3.92. The molecule has 0 spiro atoms. The van der Waals surface area contributed by atoms with E-state index in [0.29, 0.717) is 21.8 Å². The van der Waals surface area contributed by atoms with Crippen LogP contribution < -0.4 is 10.7 Å². The lowest BCUT2D eigenvalue weighted by molar-refractivity contribution is -0.116. The molecule has 0 unspecified atom stereocenters. The third-order valence-electron chi connectivity index (χ3n) is 4.60. The van der Waals surface area contributed by atoms with E-state index in [-0.39, 0.29) is 23.4 Å². The van der Waals surface area contributed by atoms with Crippen molar-refractivity contribution in [2.45, 2.75) is 6.54 Å². The SMILES string of the molecule is O=C(Cn1cc(C(=O)c2ccncc2)c(=O)c2cc(Cl)ccc21)Nc1ccccc1. The number of anilines is 1. The van der Waals surface area contributed by atoms with Gasteiger partial charge in [0, 0.05) is 40.3 Å². The molecule has 2 aromatic carbocycles. The molecule has 0 saturated carbocycles. The third kappa shape index (κ3) is 3.99. The monoisotopic (exact) mass is 417 g/mol. The van der Waals surface area contributed by atoms with Gasteiger partial charge in [-0.2, -0.15) is 0 Å². The molecule has 0 aliphatic heterocycles. The maximum atomic E-state index is 13.0. The molecule has 0 aliphatic carbocycles. The van der Waals surface area contributed by atoms with Crippen LogP contribution in [0.1, 0.15) is 15.9 Å². The van der Waals surface area contributed by atoms with E-state index in [4.69, 9.17) is 11.6 Å². The average molecular weight is 418 g/mol. The van der Waals surface area contributed by atoms with Gasteiger partial charge in [0.2, 0.25) is 11.3 Å². The number of aromatic nitrogens is 2. The van der Waals surface area contributed by atoms with Crippen LogP contribution in [-0.2, 0) is 11.3 Å². The van der Waals surface area contributed by atoms with Crippen LogP contribution in [0.4, 0.5) is 5.69 Å². The number of carbonyl (C=O) groups is 2. The summed E-state index contributed by atoms with van der Waals surface area (Å²) in [5, 5.41) is 3.45. The van der Waals surface area contributed by atoms with E-state index >= 15 is 0 Å². The van der Waals surface area contributed by atoms with Gasteiger partial charge in [-0.05, 0) is 42.5 Å². The smallest absolute Gasteiger partial charge is 0.244 e. The van der Waals surface area contributed by atoms with Crippen molar-refractivity contribution in [1.29, 1.82) is 0 Å². The Kier molecular flexibility index (Phi) is 5.41. The molecule has 1 N–H and O–H groups in total. The highest BCUT2D eigenvalue weighted by atomic mass is 35.5. The standard InChI is InChI=1S/C23H16ClN3O3/c24-16-6-7-20-18(12-16)23(30)19(22(29)15-8-10-25-11-9-15)13-27(20)14-21(28)26-17-4-2-1-3-5-17/h1-13H,14H2,(H,26,28). The van der Waals surface area contributed by atoms with Crippen LogP contribution in [-0.4, -0.2) is 21.2 Å². The van der Waals surface area contributed by atoms with E-state index in [1.165, 1.54) is 36.8 Å². The minimum Gasteiger partial charge on any atom is -0.337 e. The molecule has 0 saturated heterocycles. The molecule has 2 aromatic heterocycles. The highest BCUT2D eigenvalue weighted by Gasteiger charge is 2.18. The van der Waals surface area contributed by atoms with Crippen molar-refractivity contribution in [1.82, 2.24) is 9.55 Å². The lowest BCUT2D eigenvalue weighted by Gasteiger charge is -2.14. The molecule has 4 rings (SSSR count). The highest BCUT2D eigenvalue weighted by molar-refractivity contribution is 6.31. The fraction of sp³-hybridized carbons (Fsp3) is 0.0435. The van der Waals surface area contributed by atoms with Crippen molar-refractivity contribution >= 4 is 39.9 Å². The summed E-state index contributed by atoms with van der Waals surface area (Å²) in [6, 6.07) is 16.9. The normalized spacial score (nSPS) is 10.7. The number of carbonyl (C=O) groups excluding carboxylic acids is 2. The van der Waals surface area contributed by atoms with Crippen LogP contribution in [0.3, 0.4) is 0 Å². The van der Waals surface area contributed by atoms with Gasteiger partial charge in [0.05, 0.1) is 11.1 Å². The Balaban J connectivity index is 1.78. The molecular formula is C23H16ClN3O3. The Morgan fingerprint density at radius 2 is 1.73 bits per heavy atom. The van der Waals surface area contributed by atoms with Gasteiger partial charge >= 0.3 is 0 Å². The summed E-state index contributed by atoms with van der Waals surface area (Å²) in [7, 11) is 0. The largest absolute Gasteiger partial charge is 0.337 e. The van der Waals surface area contributed by atoms with Gasteiger partial charge in [-0.25, -0.2) is 0 Å². The average Bonchev–Trinajstić information content (AvgIpc) is 2.76. The highest BCUT2D eigenvalue weighted by Crippen LogP contribution is 2.19. The zero-order valence-electron chi connectivity index (χ0n) is 15.7. The van der Waals surface area contributed by atoms with Crippen LogP contribution in [0.15, 0.2) is 84.0 Å². The van der Waals surface area contributed by atoms with Crippen molar-refractivity contribution in [3.05, 3.63) is 106 Å². The molecule has 148 valence electrons. The molecule has 4 aromatic rings. The zero-order valence-corrected chi connectivity index (χ0v) is 16.5. The summed E-state index contributed by atoms with van der Waals surface area (Å²) >= 11 is 6.08. The van der Waals surface area contributed by atoms with Crippen molar-refractivity contribution in [2.24, 2.45) is 0 Å². The van der Waals surface area contributed by atoms with Crippen molar-refractivity contribution in [2.75, 3.05) is 5.32 Å². The molecule has 0 fully saturated rings. The van der Waals surface area contributed by atoms with Gasteiger partial charge in [-0.1, -0.05) is 29.8 Å². The minimum absolute atomic E-state index is 0.0384. The number of nitrogens with one attached hydrogen (secondary N) is 1. The fourth-order valence-corrected chi connectivity index (χ4v) is 3.37. The molecule has 0 atom stereocenters. The van der Waals surface area contributed by atoms with Gasteiger partial charge in [0.15, 0.2) is 5.78 Å². The topological polar surface area (TPSA) is 81.1 Å². The van der Waals surface area contributed by atoms with Gasteiger partial charge in [0.1, 0.15) is 6.54 Å². The number of benzene rings is 2. The third-order valence-corrected chi connectivity index (χ3v) is 4.84. The van der Waals surface area contributed by atoms with Crippen molar-refractivity contribution < 1.29 is 9.59 Å². The first-order valence-electron chi connectivity index (χ1n) is 9.15. The number of amides is 1. The Bertz CT molecular complexity index is 1300. The number of nitrogens with zero attached hydrogens (tertiary/aromatic N) is 2. The second kappa shape index (κ2) is 8.31. The summed E-state index contributed by atoms with van der Waals surface area (Å²) in [4.78, 5) is 42.5. The number of para-hydroxylation sites is 1. The van der Waals surface area contributed by atoms with Gasteiger partial charge in [0.25, 0.3) is 0 Å². The lowest BCUT2D eigenvalue weighted by atomic mass is 10.0. The predicted molar refractivity (Wildman–Crippen MR) is 116 cm³/mol. The van der Waals surface area contributed by atoms with E-state index in [0.717, 1.165) is 0 Å². The first-order valence-corrected chi connectivity index (χ1v) is 9.53. The van der Waals surface area contributed by atoms with Crippen molar-refractivity contribution in [3.63, 3.8) is 0 Å². The number of fused-ring (bicyclic) bond motifs is 1. The molecule has 2 heterocycles. The van der Waals surface area contributed by atoms with Crippen molar-refractivity contribution in [3.8, 4) is 0 Å². The Morgan fingerprint density at radius 1 is 1.00 bits per heavy atom. The number of halogens is 1. The second-order valence-corrected chi connectivity index (χ2v) is 7.08. The van der Waals surface area contributed by atoms with E-state index in [2.05, 4.69) is 10.3 Å². The summed E-state index contributed by atoms with van der Waals surface area (Å²) in [6.07, 6.45) is 4.39. The van der Waals surface area contributed by atoms with Crippen LogP contribution in [0.25, 0.3) is 10.9 Å². The van der Waals surface area contributed by atoms with E-state index in [9.17, 15) is 14.4 Å². The van der Waals surface area contributed by atoms with Gasteiger partial charge < -0.3 is 9.88 Å². The number of hydrogen-bond acceptors (Lipinski definition) is 4. The van der Waals surface area contributed by atoms with E-state index in [1.54, 1.807) is 28.8 Å². The Morgan fingerprint density at radius 3 is 2.47 bits per heavy atom.